The lowest BCUT2D eigenvalue weighted by molar-refractivity contribution is 0.256. The molecule has 0 saturated carbocycles. The second-order valence-corrected chi connectivity index (χ2v) is 12.4. The number of nitrogens with zero attached hydrogens (tertiary/aromatic N) is 1. The van der Waals surface area contributed by atoms with Gasteiger partial charge in [0.05, 0.1) is 11.4 Å². The Labute approximate surface area is 234 Å². The molecule has 0 aromatic heterocycles. The fraction of sp³-hybridized carbons (Fsp3) is 0.138. The van der Waals surface area contributed by atoms with Crippen LogP contribution in [0, 0.1) is 27.7 Å². The Kier molecular flexibility index (Phi) is 7.90. The lowest BCUT2D eigenvalue weighted by Crippen LogP contribution is -2.31. The van der Waals surface area contributed by atoms with Crippen LogP contribution in [-0.4, -0.2) is 22.9 Å². The number of anilines is 2. The van der Waals surface area contributed by atoms with Gasteiger partial charge in [0.25, 0.3) is 0 Å². The summed E-state index contributed by atoms with van der Waals surface area (Å²) in [6.45, 7) is 6.99. The van der Waals surface area contributed by atoms with Gasteiger partial charge in [-0.3, -0.25) is 4.90 Å². The smallest absolute Gasteiger partial charge is 0.339 e. The van der Waals surface area contributed by atoms with Crippen LogP contribution in [0.25, 0.3) is 0 Å². The van der Waals surface area contributed by atoms with Crippen molar-refractivity contribution in [1.29, 1.82) is 0 Å². The van der Waals surface area contributed by atoms with E-state index in [0.717, 1.165) is 16.0 Å². The monoisotopic (exact) mass is 580 g/mol. The van der Waals surface area contributed by atoms with Crippen LogP contribution in [0.2, 0.25) is 0 Å². The van der Waals surface area contributed by atoms with Gasteiger partial charge in [-0.1, -0.05) is 47.5 Å². The Hall–Kier alpha value is -4.35. The fourth-order valence-corrected chi connectivity index (χ4v) is 5.74. The number of carbonyl (C=O) groups excluding carboxylic acids is 1. The summed E-state index contributed by atoms with van der Waals surface area (Å²) in [5.74, 6) is -0.00952. The minimum atomic E-state index is -4.16. The van der Waals surface area contributed by atoms with Crippen LogP contribution in [0.5, 0.6) is 11.5 Å². The third kappa shape index (κ3) is 6.27. The van der Waals surface area contributed by atoms with E-state index in [4.69, 9.17) is 14.1 Å². The Morgan fingerprint density at radius 3 is 1.27 bits per heavy atom. The van der Waals surface area contributed by atoms with Gasteiger partial charge in [-0.15, -0.1) is 0 Å². The fourth-order valence-electron chi connectivity index (χ4n) is 3.78. The molecular formula is C29H28N2O7S2. The summed E-state index contributed by atoms with van der Waals surface area (Å²) >= 11 is 0. The van der Waals surface area contributed by atoms with Crippen LogP contribution in [-0.2, 0) is 20.2 Å². The van der Waals surface area contributed by atoms with E-state index >= 15 is 0 Å². The van der Waals surface area contributed by atoms with Crippen molar-refractivity contribution in [2.24, 2.45) is 5.73 Å². The van der Waals surface area contributed by atoms with Gasteiger partial charge in [0.15, 0.2) is 0 Å². The largest absolute Gasteiger partial charge is 0.379 e. The first-order valence-corrected chi connectivity index (χ1v) is 14.9. The van der Waals surface area contributed by atoms with Gasteiger partial charge in [-0.2, -0.15) is 16.8 Å². The van der Waals surface area contributed by atoms with Crippen LogP contribution in [0.15, 0.2) is 94.7 Å². The number of hydrogen-bond donors (Lipinski definition) is 1. The maximum Gasteiger partial charge on any atom is 0.339 e. The van der Waals surface area contributed by atoms with Crippen LogP contribution in [0.3, 0.4) is 0 Å². The van der Waals surface area contributed by atoms with Crippen LogP contribution < -0.4 is 19.0 Å². The molecule has 9 nitrogen and oxygen atoms in total. The second-order valence-electron chi connectivity index (χ2n) is 9.27. The van der Waals surface area contributed by atoms with Crippen LogP contribution in [0.1, 0.15) is 22.3 Å². The number of carbonyl (C=O) groups is 1. The highest BCUT2D eigenvalue weighted by Gasteiger charge is 2.23. The molecule has 2 amide bonds. The topological polar surface area (TPSA) is 133 Å². The zero-order valence-corrected chi connectivity index (χ0v) is 23.9. The molecule has 0 unspecified atom stereocenters. The summed E-state index contributed by atoms with van der Waals surface area (Å²) in [5, 5.41) is 0. The summed E-state index contributed by atoms with van der Waals surface area (Å²) in [7, 11) is -8.33. The van der Waals surface area contributed by atoms with Crippen molar-refractivity contribution in [2.45, 2.75) is 37.5 Å². The predicted octanol–water partition coefficient (Wildman–Crippen LogP) is 5.67. The van der Waals surface area contributed by atoms with Crippen molar-refractivity contribution in [3.63, 3.8) is 0 Å². The first kappa shape index (κ1) is 28.7. The van der Waals surface area contributed by atoms with Crippen LogP contribution in [0.4, 0.5) is 16.2 Å². The molecule has 0 spiro atoms. The quantitative estimate of drug-likeness (QED) is 0.265. The summed E-state index contributed by atoms with van der Waals surface area (Å²) in [4.78, 5) is 13.6. The number of amides is 2. The zero-order valence-electron chi connectivity index (χ0n) is 22.3. The number of hydrogen-bond acceptors (Lipinski definition) is 7. The van der Waals surface area contributed by atoms with E-state index in [1.807, 2.05) is 13.8 Å². The minimum Gasteiger partial charge on any atom is -0.379 e. The second kappa shape index (κ2) is 11.0. The molecule has 0 saturated heterocycles. The molecular weight excluding hydrogens is 552 g/mol. The molecule has 4 rings (SSSR count). The highest BCUT2D eigenvalue weighted by Crippen LogP contribution is 2.35. The van der Waals surface area contributed by atoms with Crippen molar-refractivity contribution in [2.75, 3.05) is 4.90 Å². The highest BCUT2D eigenvalue weighted by molar-refractivity contribution is 7.87. The van der Waals surface area contributed by atoms with Crippen molar-refractivity contribution in [3.8, 4) is 11.5 Å². The summed E-state index contributed by atoms with van der Waals surface area (Å²) < 4.78 is 62.4. The van der Waals surface area contributed by atoms with E-state index in [9.17, 15) is 21.6 Å². The number of rotatable bonds is 8. The van der Waals surface area contributed by atoms with Gasteiger partial charge < -0.3 is 14.1 Å². The zero-order chi connectivity index (χ0) is 29.2. The molecule has 0 radical (unpaired) electrons. The molecule has 0 fully saturated rings. The van der Waals surface area contributed by atoms with Crippen molar-refractivity contribution in [1.82, 2.24) is 0 Å². The van der Waals surface area contributed by atoms with E-state index in [-0.39, 0.29) is 32.7 Å². The van der Waals surface area contributed by atoms with E-state index in [2.05, 4.69) is 0 Å². The average Bonchev–Trinajstić information content (AvgIpc) is 2.88. The van der Waals surface area contributed by atoms with E-state index in [0.29, 0.717) is 11.1 Å². The molecule has 0 aliphatic rings. The molecule has 40 heavy (non-hydrogen) atoms. The first-order valence-electron chi connectivity index (χ1n) is 12.1. The van der Waals surface area contributed by atoms with Gasteiger partial charge in [-0.05, 0) is 75.2 Å². The predicted molar refractivity (Wildman–Crippen MR) is 152 cm³/mol. The molecule has 11 heteroatoms. The lowest BCUT2D eigenvalue weighted by atomic mass is 10.1. The maximum absolute atomic E-state index is 12.9. The molecule has 0 heterocycles. The van der Waals surface area contributed by atoms with E-state index in [1.165, 1.54) is 36.4 Å². The third-order valence-corrected chi connectivity index (χ3v) is 8.60. The van der Waals surface area contributed by atoms with Crippen molar-refractivity contribution >= 4 is 37.6 Å². The maximum atomic E-state index is 12.9. The van der Waals surface area contributed by atoms with Crippen LogP contribution >= 0.6 is 0 Å². The number of urea groups is 1. The average molecular weight is 581 g/mol. The number of benzene rings is 4. The number of aryl methyl sites for hydroxylation is 4. The van der Waals surface area contributed by atoms with Gasteiger partial charge in [-0.25, -0.2) is 4.79 Å². The molecule has 208 valence electrons. The molecule has 0 aliphatic carbocycles. The van der Waals surface area contributed by atoms with Crippen molar-refractivity contribution < 1.29 is 30.0 Å². The molecule has 0 aliphatic heterocycles. The number of nitrogens with two attached hydrogens (primary N) is 1. The molecule has 2 N–H and O–H groups in total. The summed E-state index contributed by atoms with van der Waals surface area (Å²) in [6, 6.07) is 20.5. The van der Waals surface area contributed by atoms with Gasteiger partial charge in [0, 0.05) is 12.1 Å². The lowest BCUT2D eigenvalue weighted by Gasteiger charge is -2.23. The molecule has 0 bridgehead atoms. The number of primary amides is 1. The SMILES string of the molecule is Cc1ccc(S(=O)(=O)Oc2cc(N(C(N)=O)c3ccc(C)c(OS(=O)(=O)c4ccc(C)cc4)c3)ccc2C)cc1. The van der Waals surface area contributed by atoms with Crippen molar-refractivity contribution in [3.05, 3.63) is 107 Å². The summed E-state index contributed by atoms with van der Waals surface area (Å²) in [6.07, 6.45) is 0. The van der Waals surface area contributed by atoms with E-state index in [1.54, 1.807) is 62.4 Å². The Morgan fingerprint density at radius 1 is 0.600 bits per heavy atom. The van der Waals surface area contributed by atoms with E-state index < -0.39 is 26.3 Å². The van der Waals surface area contributed by atoms with Gasteiger partial charge >= 0.3 is 26.3 Å². The first-order chi connectivity index (χ1) is 18.8. The molecule has 4 aromatic rings. The van der Waals surface area contributed by atoms with Gasteiger partial charge in [0.2, 0.25) is 0 Å². The highest BCUT2D eigenvalue weighted by atomic mass is 32.2. The minimum absolute atomic E-state index is 0.00476. The normalized spacial score (nSPS) is 11.6. The van der Waals surface area contributed by atoms with Gasteiger partial charge in [0.1, 0.15) is 21.3 Å². The summed E-state index contributed by atoms with van der Waals surface area (Å²) in [5.41, 5.74) is 8.89. The Bertz CT molecular complexity index is 1660. The Balaban J connectivity index is 1.69. The molecule has 4 aromatic carbocycles. The third-order valence-electron chi connectivity index (χ3n) is 6.10. The standard InChI is InChI=1S/C29H28N2O7S2/c1-19-5-13-25(14-6-19)39(33,34)37-27-17-23(11-9-21(27)3)31(29(30)32)24-12-10-22(4)28(18-24)38-40(35,36)26-15-7-20(2)8-16-26/h5-18H,1-4H3,(H2,30,32). The molecule has 0 atom stereocenters. The Morgan fingerprint density at radius 2 is 0.950 bits per heavy atom.